The third-order valence-corrected chi connectivity index (χ3v) is 5.14. The van der Waals surface area contributed by atoms with Gasteiger partial charge in [0.2, 0.25) is 0 Å². The molecule has 0 radical (unpaired) electrons. The summed E-state index contributed by atoms with van der Waals surface area (Å²) in [5, 5.41) is 3.52. The number of halogens is 2. The van der Waals surface area contributed by atoms with Gasteiger partial charge >= 0.3 is 0 Å². The molecule has 1 aromatic carbocycles. The smallest absolute Gasteiger partial charge is 0.127 e. The fourth-order valence-electron chi connectivity index (χ4n) is 2.46. The Labute approximate surface area is 121 Å². The molecular weight excluding hydrogens is 313 g/mol. The third-order valence-electron chi connectivity index (χ3n) is 3.46. The summed E-state index contributed by atoms with van der Waals surface area (Å²) in [5.74, 6) is 3.03. The standard InChI is InChI=1S/C14H19BrFNS/c1-2-17-14(11-5-6-18-9-11)7-10-3-4-12(15)8-13(10)16/h3-4,8,11,14,17H,2,5-7,9H2,1H3. The Morgan fingerprint density at radius 1 is 1.56 bits per heavy atom. The lowest BCUT2D eigenvalue weighted by molar-refractivity contribution is 0.382. The maximum absolute atomic E-state index is 13.9. The lowest BCUT2D eigenvalue weighted by atomic mass is 9.93. The average Bonchev–Trinajstić information content (AvgIpc) is 2.85. The molecule has 2 unspecified atom stereocenters. The minimum Gasteiger partial charge on any atom is -0.314 e. The van der Waals surface area contributed by atoms with E-state index in [1.807, 2.05) is 23.9 Å². The second kappa shape index (κ2) is 6.92. The van der Waals surface area contributed by atoms with Crippen molar-refractivity contribution in [1.29, 1.82) is 0 Å². The number of rotatable bonds is 5. The fraction of sp³-hybridized carbons (Fsp3) is 0.571. The van der Waals surface area contributed by atoms with Crippen LogP contribution < -0.4 is 5.32 Å². The van der Waals surface area contributed by atoms with E-state index >= 15 is 0 Å². The number of thioether (sulfide) groups is 1. The van der Waals surface area contributed by atoms with Crippen molar-refractivity contribution in [3.63, 3.8) is 0 Å². The Balaban J connectivity index is 2.07. The van der Waals surface area contributed by atoms with E-state index < -0.39 is 0 Å². The van der Waals surface area contributed by atoms with Crippen LogP contribution in [0.2, 0.25) is 0 Å². The minimum absolute atomic E-state index is 0.0991. The van der Waals surface area contributed by atoms with Crippen molar-refractivity contribution in [2.45, 2.75) is 25.8 Å². The number of likely N-dealkylation sites (N-methyl/N-ethyl adjacent to an activating group) is 1. The van der Waals surface area contributed by atoms with Crippen LogP contribution in [0.25, 0.3) is 0 Å². The molecule has 1 aliphatic rings. The van der Waals surface area contributed by atoms with Gasteiger partial charge in [0, 0.05) is 10.5 Å². The number of hydrogen-bond acceptors (Lipinski definition) is 2. The largest absolute Gasteiger partial charge is 0.314 e. The number of hydrogen-bond donors (Lipinski definition) is 1. The van der Waals surface area contributed by atoms with Crippen molar-refractivity contribution < 1.29 is 4.39 Å². The van der Waals surface area contributed by atoms with Crippen molar-refractivity contribution in [2.75, 3.05) is 18.1 Å². The van der Waals surface area contributed by atoms with E-state index in [0.29, 0.717) is 12.0 Å². The Hall–Kier alpha value is -0.0600. The maximum Gasteiger partial charge on any atom is 0.127 e. The summed E-state index contributed by atoms with van der Waals surface area (Å²) in [6.07, 6.45) is 2.04. The third kappa shape index (κ3) is 3.72. The van der Waals surface area contributed by atoms with Crippen LogP contribution in [0.5, 0.6) is 0 Å². The molecule has 4 heteroatoms. The number of benzene rings is 1. The predicted molar refractivity (Wildman–Crippen MR) is 80.7 cm³/mol. The van der Waals surface area contributed by atoms with E-state index in [2.05, 4.69) is 28.2 Å². The molecule has 100 valence electrons. The Morgan fingerprint density at radius 3 is 3.00 bits per heavy atom. The summed E-state index contributed by atoms with van der Waals surface area (Å²) in [6.45, 7) is 3.07. The van der Waals surface area contributed by atoms with Crippen LogP contribution in [0.3, 0.4) is 0 Å². The summed E-state index contributed by atoms with van der Waals surface area (Å²) in [4.78, 5) is 0. The Kier molecular flexibility index (Phi) is 5.52. The first kappa shape index (κ1) is 14.4. The molecule has 0 amide bonds. The quantitative estimate of drug-likeness (QED) is 0.879. The van der Waals surface area contributed by atoms with Gasteiger partial charge in [-0.05, 0) is 54.5 Å². The molecule has 1 heterocycles. The SMILES string of the molecule is CCNC(Cc1ccc(Br)cc1F)C1CCSC1. The Bertz CT molecular complexity index is 393. The van der Waals surface area contributed by atoms with Crippen LogP contribution in [0.4, 0.5) is 4.39 Å². The second-order valence-electron chi connectivity index (χ2n) is 4.73. The molecule has 0 bridgehead atoms. The van der Waals surface area contributed by atoms with E-state index in [1.165, 1.54) is 17.9 Å². The van der Waals surface area contributed by atoms with Gasteiger partial charge in [0.1, 0.15) is 5.82 Å². The highest BCUT2D eigenvalue weighted by Gasteiger charge is 2.25. The fourth-order valence-corrected chi connectivity index (χ4v) is 4.13. The lowest BCUT2D eigenvalue weighted by Gasteiger charge is -2.24. The van der Waals surface area contributed by atoms with Gasteiger partial charge < -0.3 is 5.32 Å². The lowest BCUT2D eigenvalue weighted by Crippen LogP contribution is -2.38. The average molecular weight is 332 g/mol. The second-order valence-corrected chi connectivity index (χ2v) is 6.79. The summed E-state index contributed by atoms with van der Waals surface area (Å²) >= 11 is 5.31. The van der Waals surface area contributed by atoms with Gasteiger partial charge in [-0.1, -0.05) is 28.9 Å². The highest BCUT2D eigenvalue weighted by atomic mass is 79.9. The predicted octanol–water partition coefficient (Wildman–Crippen LogP) is 3.86. The van der Waals surface area contributed by atoms with Crippen LogP contribution in [0.1, 0.15) is 18.9 Å². The van der Waals surface area contributed by atoms with Gasteiger partial charge in [-0.15, -0.1) is 0 Å². The van der Waals surface area contributed by atoms with Gasteiger partial charge in [0.25, 0.3) is 0 Å². The highest BCUT2D eigenvalue weighted by Crippen LogP contribution is 2.28. The molecule has 2 rings (SSSR count). The highest BCUT2D eigenvalue weighted by molar-refractivity contribution is 9.10. The first-order valence-corrected chi connectivity index (χ1v) is 8.40. The molecule has 0 aliphatic carbocycles. The molecule has 2 atom stereocenters. The monoisotopic (exact) mass is 331 g/mol. The van der Waals surface area contributed by atoms with Gasteiger partial charge in [-0.3, -0.25) is 0 Å². The molecule has 1 saturated heterocycles. The van der Waals surface area contributed by atoms with Crippen LogP contribution in [-0.4, -0.2) is 24.1 Å². The van der Waals surface area contributed by atoms with E-state index in [4.69, 9.17) is 0 Å². The van der Waals surface area contributed by atoms with Crippen molar-refractivity contribution in [1.82, 2.24) is 5.32 Å². The molecule has 0 aromatic heterocycles. The molecule has 0 saturated carbocycles. The number of nitrogens with one attached hydrogen (secondary N) is 1. The van der Waals surface area contributed by atoms with Gasteiger partial charge in [0.15, 0.2) is 0 Å². The van der Waals surface area contributed by atoms with Crippen LogP contribution in [0.15, 0.2) is 22.7 Å². The van der Waals surface area contributed by atoms with Crippen molar-refractivity contribution in [2.24, 2.45) is 5.92 Å². The van der Waals surface area contributed by atoms with E-state index in [0.717, 1.165) is 23.0 Å². The van der Waals surface area contributed by atoms with Crippen LogP contribution in [-0.2, 0) is 6.42 Å². The minimum atomic E-state index is -0.0991. The first-order valence-electron chi connectivity index (χ1n) is 6.45. The maximum atomic E-state index is 13.9. The van der Waals surface area contributed by atoms with Crippen LogP contribution in [0, 0.1) is 11.7 Å². The molecule has 1 aromatic rings. The molecule has 0 spiro atoms. The van der Waals surface area contributed by atoms with Gasteiger partial charge in [-0.25, -0.2) is 4.39 Å². The van der Waals surface area contributed by atoms with E-state index in [-0.39, 0.29) is 5.82 Å². The molecule has 18 heavy (non-hydrogen) atoms. The van der Waals surface area contributed by atoms with Crippen molar-refractivity contribution in [3.05, 3.63) is 34.1 Å². The molecule has 1 aliphatic heterocycles. The normalized spacial score (nSPS) is 21.2. The van der Waals surface area contributed by atoms with E-state index in [1.54, 1.807) is 6.07 Å². The summed E-state index contributed by atoms with van der Waals surface area (Å²) in [7, 11) is 0. The zero-order valence-corrected chi connectivity index (χ0v) is 13.0. The molecule has 1 fully saturated rings. The van der Waals surface area contributed by atoms with Gasteiger partial charge in [-0.2, -0.15) is 11.8 Å². The van der Waals surface area contributed by atoms with Crippen LogP contribution >= 0.6 is 27.7 Å². The zero-order valence-electron chi connectivity index (χ0n) is 10.6. The van der Waals surface area contributed by atoms with Crippen molar-refractivity contribution >= 4 is 27.7 Å². The zero-order chi connectivity index (χ0) is 13.0. The van der Waals surface area contributed by atoms with Crippen molar-refractivity contribution in [3.8, 4) is 0 Å². The summed E-state index contributed by atoms with van der Waals surface area (Å²) in [5.41, 5.74) is 0.820. The molecular formula is C14H19BrFNS. The Morgan fingerprint density at radius 2 is 2.39 bits per heavy atom. The summed E-state index contributed by atoms with van der Waals surface area (Å²) in [6, 6.07) is 5.78. The topological polar surface area (TPSA) is 12.0 Å². The summed E-state index contributed by atoms with van der Waals surface area (Å²) < 4.78 is 14.7. The first-order chi connectivity index (χ1) is 8.70. The van der Waals surface area contributed by atoms with E-state index in [9.17, 15) is 4.39 Å². The molecule has 1 N–H and O–H groups in total. The van der Waals surface area contributed by atoms with Gasteiger partial charge in [0.05, 0.1) is 0 Å². The molecule has 1 nitrogen and oxygen atoms in total.